The van der Waals surface area contributed by atoms with Crippen molar-refractivity contribution in [1.29, 1.82) is 0 Å². The van der Waals surface area contributed by atoms with E-state index < -0.39 is 6.04 Å². The van der Waals surface area contributed by atoms with Crippen LogP contribution in [0.2, 0.25) is 0 Å². The van der Waals surface area contributed by atoms with Crippen LogP contribution >= 0.6 is 0 Å². The second-order valence-corrected chi connectivity index (χ2v) is 7.58. The van der Waals surface area contributed by atoms with E-state index in [1.165, 1.54) is 0 Å². The van der Waals surface area contributed by atoms with Crippen molar-refractivity contribution in [3.63, 3.8) is 0 Å². The molecular weight excluding hydrogens is 416 g/mol. The Morgan fingerprint density at radius 1 is 0.848 bits per heavy atom. The van der Waals surface area contributed by atoms with E-state index in [-0.39, 0.29) is 18.2 Å². The van der Waals surface area contributed by atoms with Gasteiger partial charge < -0.3 is 19.7 Å². The summed E-state index contributed by atoms with van der Waals surface area (Å²) < 4.78 is 10.7. The molecule has 0 unspecified atom stereocenters. The summed E-state index contributed by atoms with van der Waals surface area (Å²) >= 11 is 0. The minimum atomic E-state index is -0.751. The van der Waals surface area contributed by atoms with E-state index in [2.05, 4.69) is 5.32 Å². The molecule has 0 aliphatic carbocycles. The Labute approximate surface area is 195 Å². The van der Waals surface area contributed by atoms with Gasteiger partial charge in [0.05, 0.1) is 20.6 Å². The zero-order chi connectivity index (χ0) is 23.6. The van der Waals surface area contributed by atoms with Crippen molar-refractivity contribution in [3.05, 3.63) is 95.6 Å². The van der Waals surface area contributed by atoms with Gasteiger partial charge in [0.1, 0.15) is 6.04 Å². The second-order valence-electron chi connectivity index (χ2n) is 7.58. The highest BCUT2D eigenvalue weighted by molar-refractivity contribution is 5.89. The molecule has 0 saturated carbocycles. The van der Waals surface area contributed by atoms with Crippen LogP contribution < -0.4 is 14.8 Å². The van der Waals surface area contributed by atoms with Crippen molar-refractivity contribution >= 4 is 11.8 Å². The van der Waals surface area contributed by atoms with Gasteiger partial charge in [0, 0.05) is 13.1 Å². The summed E-state index contributed by atoms with van der Waals surface area (Å²) in [5, 5.41) is 2.89. The van der Waals surface area contributed by atoms with Gasteiger partial charge in [0.25, 0.3) is 0 Å². The zero-order valence-corrected chi connectivity index (χ0v) is 19.3. The molecule has 3 aromatic rings. The molecule has 0 fully saturated rings. The summed E-state index contributed by atoms with van der Waals surface area (Å²) in [5.41, 5.74) is 2.49. The number of likely N-dealkylation sites (N-methyl/N-ethyl adjacent to an activating group) is 1. The van der Waals surface area contributed by atoms with E-state index in [1.54, 1.807) is 31.3 Å². The van der Waals surface area contributed by atoms with Gasteiger partial charge in [0.2, 0.25) is 11.8 Å². The number of carbonyl (C=O) groups is 2. The zero-order valence-electron chi connectivity index (χ0n) is 19.3. The molecule has 3 rings (SSSR count). The van der Waals surface area contributed by atoms with Gasteiger partial charge >= 0.3 is 0 Å². The van der Waals surface area contributed by atoms with E-state index in [4.69, 9.17) is 9.47 Å². The van der Waals surface area contributed by atoms with Crippen LogP contribution in [0, 0.1) is 0 Å². The van der Waals surface area contributed by atoms with Crippen molar-refractivity contribution < 1.29 is 19.1 Å². The lowest BCUT2D eigenvalue weighted by Gasteiger charge is -2.31. The van der Waals surface area contributed by atoms with Gasteiger partial charge in [-0.2, -0.15) is 0 Å². The molecule has 1 atom stereocenters. The van der Waals surface area contributed by atoms with Gasteiger partial charge in [-0.25, -0.2) is 0 Å². The topological polar surface area (TPSA) is 67.9 Å². The molecule has 0 spiro atoms. The Bertz CT molecular complexity index is 1050. The van der Waals surface area contributed by atoms with Crippen molar-refractivity contribution in [1.82, 2.24) is 10.2 Å². The molecule has 0 radical (unpaired) electrons. The molecule has 0 aliphatic heterocycles. The highest BCUT2D eigenvalue weighted by atomic mass is 16.5. The van der Waals surface area contributed by atoms with Crippen LogP contribution in [0.5, 0.6) is 11.5 Å². The average molecular weight is 447 g/mol. The number of ether oxygens (including phenoxy) is 2. The highest BCUT2D eigenvalue weighted by Gasteiger charge is 2.31. The third-order valence-electron chi connectivity index (χ3n) is 5.35. The molecule has 33 heavy (non-hydrogen) atoms. The Morgan fingerprint density at radius 3 is 2.09 bits per heavy atom. The lowest BCUT2D eigenvalue weighted by molar-refractivity contribution is -0.141. The van der Waals surface area contributed by atoms with Crippen LogP contribution in [0.3, 0.4) is 0 Å². The standard InChI is InChI=1S/C27H30N2O4/c1-4-28-27(31)26(22-13-9-6-10-14-22)29(19-20-11-7-5-8-12-20)25(30)18-21-15-16-23(32-2)24(17-21)33-3/h5-17,26H,4,18-19H2,1-3H3,(H,28,31)/t26-/m0/s1. The lowest BCUT2D eigenvalue weighted by atomic mass is 10.0. The molecule has 0 aliphatic rings. The highest BCUT2D eigenvalue weighted by Crippen LogP contribution is 2.29. The summed E-state index contributed by atoms with van der Waals surface area (Å²) in [7, 11) is 3.13. The second kappa shape index (κ2) is 11.7. The lowest BCUT2D eigenvalue weighted by Crippen LogP contribution is -2.44. The molecule has 2 amide bonds. The van der Waals surface area contributed by atoms with Crippen LogP contribution in [-0.4, -0.2) is 37.5 Å². The summed E-state index contributed by atoms with van der Waals surface area (Å²) in [6, 6.07) is 23.7. The molecule has 172 valence electrons. The maximum absolute atomic E-state index is 13.7. The Kier molecular flexibility index (Phi) is 8.47. The van der Waals surface area contributed by atoms with E-state index in [0.29, 0.717) is 24.6 Å². The smallest absolute Gasteiger partial charge is 0.247 e. The maximum Gasteiger partial charge on any atom is 0.247 e. The van der Waals surface area contributed by atoms with Gasteiger partial charge in [-0.15, -0.1) is 0 Å². The Morgan fingerprint density at radius 2 is 1.48 bits per heavy atom. The number of hydrogen-bond acceptors (Lipinski definition) is 4. The maximum atomic E-state index is 13.7. The predicted octanol–water partition coefficient (Wildman–Crippen LogP) is 4.15. The molecule has 1 N–H and O–H groups in total. The fourth-order valence-electron chi connectivity index (χ4n) is 3.75. The monoisotopic (exact) mass is 446 g/mol. The molecular formula is C27H30N2O4. The first kappa shape index (κ1) is 23.9. The van der Waals surface area contributed by atoms with Crippen molar-refractivity contribution in [3.8, 4) is 11.5 Å². The van der Waals surface area contributed by atoms with Crippen LogP contribution in [0.4, 0.5) is 0 Å². The van der Waals surface area contributed by atoms with Gasteiger partial charge in [-0.05, 0) is 35.7 Å². The number of methoxy groups -OCH3 is 2. The van der Waals surface area contributed by atoms with Gasteiger partial charge in [-0.1, -0.05) is 66.7 Å². The largest absolute Gasteiger partial charge is 0.493 e. The summed E-state index contributed by atoms with van der Waals surface area (Å²) in [4.78, 5) is 28.5. The fourth-order valence-corrected chi connectivity index (χ4v) is 3.75. The normalized spacial score (nSPS) is 11.4. The number of nitrogens with zero attached hydrogens (tertiary/aromatic N) is 1. The van der Waals surface area contributed by atoms with E-state index in [0.717, 1.165) is 16.7 Å². The first-order valence-electron chi connectivity index (χ1n) is 10.9. The number of rotatable bonds is 10. The summed E-state index contributed by atoms with van der Waals surface area (Å²) in [5.74, 6) is 0.784. The number of amides is 2. The molecule has 0 heterocycles. The van der Waals surface area contributed by atoms with Gasteiger partial charge in [-0.3, -0.25) is 9.59 Å². The number of carbonyl (C=O) groups excluding carboxylic acids is 2. The average Bonchev–Trinajstić information content (AvgIpc) is 2.85. The molecule has 6 nitrogen and oxygen atoms in total. The van der Waals surface area contributed by atoms with Crippen LogP contribution in [0.15, 0.2) is 78.9 Å². The first-order chi connectivity index (χ1) is 16.1. The van der Waals surface area contributed by atoms with Crippen molar-refractivity contribution in [2.24, 2.45) is 0 Å². The predicted molar refractivity (Wildman–Crippen MR) is 128 cm³/mol. The van der Waals surface area contributed by atoms with Crippen molar-refractivity contribution in [2.45, 2.75) is 25.9 Å². The van der Waals surface area contributed by atoms with E-state index >= 15 is 0 Å². The van der Waals surface area contributed by atoms with Crippen LogP contribution in [0.25, 0.3) is 0 Å². The molecule has 0 saturated heterocycles. The minimum Gasteiger partial charge on any atom is -0.493 e. The minimum absolute atomic E-state index is 0.121. The molecule has 0 aromatic heterocycles. The first-order valence-corrected chi connectivity index (χ1v) is 10.9. The third kappa shape index (κ3) is 6.13. The van der Waals surface area contributed by atoms with Crippen LogP contribution in [-0.2, 0) is 22.6 Å². The van der Waals surface area contributed by atoms with E-state index in [1.807, 2.05) is 73.7 Å². The van der Waals surface area contributed by atoms with E-state index in [9.17, 15) is 9.59 Å². The Hall–Kier alpha value is -3.80. The number of benzene rings is 3. The quantitative estimate of drug-likeness (QED) is 0.508. The fraction of sp³-hybridized carbons (Fsp3) is 0.259. The summed E-state index contributed by atoms with van der Waals surface area (Å²) in [6.45, 7) is 2.65. The molecule has 3 aromatic carbocycles. The van der Waals surface area contributed by atoms with Crippen molar-refractivity contribution in [2.75, 3.05) is 20.8 Å². The number of hydrogen-bond donors (Lipinski definition) is 1. The Balaban J connectivity index is 1.98. The van der Waals surface area contributed by atoms with Crippen LogP contribution in [0.1, 0.15) is 29.7 Å². The molecule has 0 bridgehead atoms. The third-order valence-corrected chi connectivity index (χ3v) is 5.35. The number of nitrogens with one attached hydrogen (secondary N) is 1. The van der Waals surface area contributed by atoms with Gasteiger partial charge in [0.15, 0.2) is 11.5 Å². The summed E-state index contributed by atoms with van der Waals surface area (Å²) in [6.07, 6.45) is 0.121. The molecule has 6 heteroatoms. The SMILES string of the molecule is CCNC(=O)[C@H](c1ccccc1)N(Cc1ccccc1)C(=O)Cc1ccc(OC)c(OC)c1.